The molecule has 106 valence electrons. The van der Waals surface area contributed by atoms with Gasteiger partial charge in [0.25, 0.3) is 0 Å². The molecule has 2 unspecified atom stereocenters. The average molecular weight is 293 g/mol. The second kappa shape index (κ2) is 5.81. The molecule has 2 atom stereocenters. The molecule has 0 spiro atoms. The first kappa shape index (κ1) is 13.4. The van der Waals surface area contributed by atoms with Gasteiger partial charge in [-0.05, 0) is 38.0 Å². The van der Waals surface area contributed by atoms with E-state index in [2.05, 4.69) is 22.3 Å². The second-order valence-corrected chi connectivity index (χ2v) is 5.49. The van der Waals surface area contributed by atoms with Crippen LogP contribution in [-0.4, -0.2) is 33.5 Å². The topological polar surface area (TPSA) is 52.0 Å². The third-order valence-corrected chi connectivity index (χ3v) is 3.70. The fraction of sp³-hybridized carbons (Fsp3) is 0.429. The molecule has 20 heavy (non-hydrogen) atoms. The summed E-state index contributed by atoms with van der Waals surface area (Å²) in [4.78, 5) is 3.99. The fourth-order valence-corrected chi connectivity index (χ4v) is 2.68. The molecule has 0 saturated carbocycles. The molecule has 1 aromatic heterocycles. The SMILES string of the molecule is CC1CC(Nc2cc(Cl)ccc2-n2cncn2)CCO1. The Kier molecular flexibility index (Phi) is 3.89. The van der Waals surface area contributed by atoms with Crippen molar-refractivity contribution in [1.29, 1.82) is 0 Å². The first-order valence-corrected chi connectivity index (χ1v) is 7.13. The zero-order chi connectivity index (χ0) is 13.9. The predicted molar refractivity (Wildman–Crippen MR) is 78.4 cm³/mol. The van der Waals surface area contributed by atoms with Crippen LogP contribution in [0.5, 0.6) is 0 Å². The van der Waals surface area contributed by atoms with Gasteiger partial charge < -0.3 is 10.1 Å². The van der Waals surface area contributed by atoms with Crippen molar-refractivity contribution in [1.82, 2.24) is 14.8 Å². The number of nitrogens with one attached hydrogen (secondary N) is 1. The van der Waals surface area contributed by atoms with E-state index in [0.717, 1.165) is 30.8 Å². The normalized spacial score (nSPS) is 22.7. The zero-order valence-electron chi connectivity index (χ0n) is 11.3. The van der Waals surface area contributed by atoms with Crippen molar-refractivity contribution in [3.63, 3.8) is 0 Å². The number of hydrogen-bond acceptors (Lipinski definition) is 4. The molecule has 1 aromatic carbocycles. The number of halogens is 1. The predicted octanol–water partition coefficient (Wildman–Crippen LogP) is 2.90. The summed E-state index contributed by atoms with van der Waals surface area (Å²) in [6.07, 6.45) is 5.47. The molecule has 2 aromatic rings. The van der Waals surface area contributed by atoms with Crippen LogP contribution in [0.25, 0.3) is 5.69 Å². The van der Waals surface area contributed by atoms with Crippen molar-refractivity contribution in [2.24, 2.45) is 0 Å². The van der Waals surface area contributed by atoms with Gasteiger partial charge in [0, 0.05) is 17.7 Å². The Morgan fingerprint density at radius 3 is 3.10 bits per heavy atom. The average Bonchev–Trinajstić information content (AvgIpc) is 2.93. The van der Waals surface area contributed by atoms with Crippen LogP contribution >= 0.6 is 11.6 Å². The standard InChI is InChI=1S/C14H17ClN4O/c1-10-6-12(4-5-20-10)18-13-7-11(15)2-3-14(13)19-9-16-8-17-19/h2-3,7-10,12,18H,4-6H2,1H3. The van der Waals surface area contributed by atoms with Gasteiger partial charge in [0.15, 0.2) is 0 Å². The van der Waals surface area contributed by atoms with E-state index in [1.807, 2.05) is 18.2 Å². The Balaban J connectivity index is 1.86. The van der Waals surface area contributed by atoms with Gasteiger partial charge in [-0.25, -0.2) is 9.67 Å². The van der Waals surface area contributed by atoms with Crippen molar-refractivity contribution < 1.29 is 4.74 Å². The fourth-order valence-electron chi connectivity index (χ4n) is 2.51. The zero-order valence-corrected chi connectivity index (χ0v) is 12.0. The van der Waals surface area contributed by atoms with Crippen LogP contribution in [0.4, 0.5) is 5.69 Å². The van der Waals surface area contributed by atoms with Crippen molar-refractivity contribution in [3.8, 4) is 5.69 Å². The van der Waals surface area contributed by atoms with Crippen LogP contribution in [-0.2, 0) is 4.74 Å². The molecule has 1 saturated heterocycles. The number of anilines is 1. The van der Waals surface area contributed by atoms with Gasteiger partial charge in [-0.1, -0.05) is 11.6 Å². The lowest BCUT2D eigenvalue weighted by Gasteiger charge is -2.29. The molecule has 3 rings (SSSR count). The maximum Gasteiger partial charge on any atom is 0.138 e. The van der Waals surface area contributed by atoms with Crippen LogP contribution in [0.2, 0.25) is 5.02 Å². The Bertz CT molecular complexity index is 573. The van der Waals surface area contributed by atoms with E-state index in [4.69, 9.17) is 16.3 Å². The lowest BCUT2D eigenvalue weighted by Crippen LogP contribution is -2.32. The number of ether oxygens (including phenoxy) is 1. The van der Waals surface area contributed by atoms with Gasteiger partial charge in [-0.15, -0.1) is 0 Å². The van der Waals surface area contributed by atoms with Gasteiger partial charge in [-0.2, -0.15) is 5.10 Å². The van der Waals surface area contributed by atoms with Crippen molar-refractivity contribution in [2.45, 2.75) is 31.9 Å². The lowest BCUT2D eigenvalue weighted by atomic mass is 10.0. The van der Waals surface area contributed by atoms with E-state index in [1.165, 1.54) is 6.33 Å². The summed E-state index contributed by atoms with van der Waals surface area (Å²) < 4.78 is 7.32. The molecule has 1 aliphatic heterocycles. The molecule has 0 aliphatic carbocycles. The first-order valence-electron chi connectivity index (χ1n) is 6.75. The van der Waals surface area contributed by atoms with E-state index >= 15 is 0 Å². The van der Waals surface area contributed by atoms with Crippen LogP contribution < -0.4 is 5.32 Å². The molecule has 1 aliphatic rings. The van der Waals surface area contributed by atoms with Gasteiger partial charge in [0.1, 0.15) is 12.7 Å². The molecule has 0 amide bonds. The van der Waals surface area contributed by atoms with Crippen LogP contribution in [0.1, 0.15) is 19.8 Å². The van der Waals surface area contributed by atoms with E-state index < -0.39 is 0 Å². The summed E-state index contributed by atoms with van der Waals surface area (Å²) >= 11 is 6.11. The Hall–Kier alpha value is -1.59. The summed E-state index contributed by atoms with van der Waals surface area (Å²) in [6.45, 7) is 2.89. The van der Waals surface area contributed by atoms with E-state index in [0.29, 0.717) is 11.1 Å². The summed E-state index contributed by atoms with van der Waals surface area (Å²) in [5.41, 5.74) is 1.92. The molecule has 1 fully saturated rings. The highest BCUT2D eigenvalue weighted by atomic mass is 35.5. The number of rotatable bonds is 3. The van der Waals surface area contributed by atoms with Gasteiger partial charge >= 0.3 is 0 Å². The second-order valence-electron chi connectivity index (χ2n) is 5.05. The minimum absolute atomic E-state index is 0.287. The van der Waals surface area contributed by atoms with Gasteiger partial charge in [0.05, 0.1) is 17.5 Å². The number of nitrogens with zero attached hydrogens (tertiary/aromatic N) is 3. The highest BCUT2D eigenvalue weighted by Crippen LogP contribution is 2.27. The Morgan fingerprint density at radius 1 is 1.45 bits per heavy atom. The van der Waals surface area contributed by atoms with Gasteiger partial charge in [-0.3, -0.25) is 0 Å². The summed E-state index contributed by atoms with van der Waals surface area (Å²) in [7, 11) is 0. The van der Waals surface area contributed by atoms with E-state index in [-0.39, 0.29) is 6.10 Å². The molecule has 0 bridgehead atoms. The minimum Gasteiger partial charge on any atom is -0.380 e. The minimum atomic E-state index is 0.287. The molecule has 2 heterocycles. The quantitative estimate of drug-likeness (QED) is 0.945. The molecule has 1 N–H and O–H groups in total. The van der Waals surface area contributed by atoms with Crippen molar-refractivity contribution in [2.75, 3.05) is 11.9 Å². The largest absolute Gasteiger partial charge is 0.380 e. The molecule has 5 nitrogen and oxygen atoms in total. The highest BCUT2D eigenvalue weighted by Gasteiger charge is 2.20. The smallest absolute Gasteiger partial charge is 0.138 e. The number of hydrogen-bond donors (Lipinski definition) is 1. The highest BCUT2D eigenvalue weighted by molar-refractivity contribution is 6.31. The van der Waals surface area contributed by atoms with E-state index in [9.17, 15) is 0 Å². The summed E-state index contributed by atoms with van der Waals surface area (Å²) in [6, 6.07) is 6.12. The summed E-state index contributed by atoms with van der Waals surface area (Å²) in [5.74, 6) is 0. The van der Waals surface area contributed by atoms with E-state index in [1.54, 1.807) is 11.0 Å². The lowest BCUT2D eigenvalue weighted by molar-refractivity contribution is 0.0232. The van der Waals surface area contributed by atoms with Gasteiger partial charge in [0.2, 0.25) is 0 Å². The number of aromatic nitrogens is 3. The van der Waals surface area contributed by atoms with Crippen molar-refractivity contribution >= 4 is 17.3 Å². The van der Waals surface area contributed by atoms with Crippen molar-refractivity contribution in [3.05, 3.63) is 35.9 Å². The third kappa shape index (κ3) is 2.94. The molecular weight excluding hydrogens is 276 g/mol. The first-order chi connectivity index (χ1) is 9.72. The Morgan fingerprint density at radius 2 is 2.35 bits per heavy atom. The van der Waals surface area contributed by atoms with Crippen LogP contribution in [0.15, 0.2) is 30.9 Å². The molecular formula is C14H17ClN4O. The maximum atomic E-state index is 6.11. The Labute approximate surface area is 122 Å². The van der Waals surface area contributed by atoms with Crippen LogP contribution in [0.3, 0.4) is 0 Å². The monoisotopic (exact) mass is 292 g/mol. The third-order valence-electron chi connectivity index (χ3n) is 3.47. The number of benzene rings is 1. The summed E-state index contributed by atoms with van der Waals surface area (Å²) in [5, 5.41) is 8.44. The van der Waals surface area contributed by atoms with Crippen LogP contribution in [0, 0.1) is 0 Å². The molecule has 0 radical (unpaired) electrons. The maximum absolute atomic E-state index is 6.11. The molecule has 6 heteroatoms.